The third-order valence-electron chi connectivity index (χ3n) is 3.07. The predicted octanol–water partition coefficient (Wildman–Crippen LogP) is 5.10. The van der Waals surface area contributed by atoms with Gasteiger partial charge in [0.2, 0.25) is 0 Å². The molecule has 0 unspecified atom stereocenters. The summed E-state index contributed by atoms with van der Waals surface area (Å²) in [5.74, 6) is -0.932. The highest BCUT2D eigenvalue weighted by Gasteiger charge is 1.96. The van der Waals surface area contributed by atoms with Crippen LogP contribution < -0.4 is 0 Å². The van der Waals surface area contributed by atoms with Crippen LogP contribution in [0.1, 0.15) is 71.1 Å². The lowest BCUT2D eigenvalue weighted by Crippen LogP contribution is -1.94. The highest BCUT2D eigenvalue weighted by molar-refractivity contribution is 5.88. The molecular weight excluding hydrogens is 224 g/mol. The Kier molecular flexibility index (Phi) is 11.7. The maximum atomic E-state index is 10.5. The van der Waals surface area contributed by atoms with Crippen molar-refractivity contribution in [1.82, 2.24) is 0 Å². The number of unbranched alkanes of at least 4 members (excludes halogenated alkanes) is 9. The van der Waals surface area contributed by atoms with Gasteiger partial charge in [-0.3, -0.25) is 0 Å². The van der Waals surface area contributed by atoms with E-state index in [-0.39, 0.29) is 5.57 Å². The molecule has 0 heterocycles. The number of carboxylic acid groups (broad SMARTS) is 1. The van der Waals surface area contributed by atoms with Crippen molar-refractivity contribution >= 4 is 5.97 Å². The van der Waals surface area contributed by atoms with E-state index < -0.39 is 5.97 Å². The molecule has 0 aromatic carbocycles. The summed E-state index contributed by atoms with van der Waals surface area (Å²) >= 11 is 0. The second kappa shape index (κ2) is 12.4. The number of aliphatic carboxylic acids is 1. The number of carbonyl (C=O) groups is 1. The van der Waals surface area contributed by atoms with E-state index in [1.807, 2.05) is 6.08 Å². The van der Waals surface area contributed by atoms with Crippen molar-refractivity contribution in [1.29, 1.82) is 0 Å². The van der Waals surface area contributed by atoms with Crippen LogP contribution in [0.25, 0.3) is 0 Å². The Labute approximate surface area is 112 Å². The summed E-state index contributed by atoms with van der Waals surface area (Å²) in [6.07, 6.45) is 16.3. The summed E-state index contributed by atoms with van der Waals surface area (Å²) in [6, 6.07) is 0. The Morgan fingerprint density at radius 3 is 2.00 bits per heavy atom. The van der Waals surface area contributed by atoms with Crippen LogP contribution in [0.2, 0.25) is 0 Å². The number of hydrogen-bond acceptors (Lipinski definition) is 1. The molecule has 2 heteroatoms. The van der Waals surface area contributed by atoms with E-state index in [1.165, 1.54) is 51.4 Å². The molecule has 0 amide bonds. The molecule has 0 aromatic rings. The van der Waals surface area contributed by atoms with Gasteiger partial charge in [-0.15, -0.1) is 0 Å². The van der Waals surface area contributed by atoms with Crippen molar-refractivity contribution in [2.45, 2.75) is 71.1 Å². The molecule has 1 N–H and O–H groups in total. The summed E-state index contributed by atoms with van der Waals surface area (Å²) in [5.41, 5.74) is 0.172. The van der Waals surface area contributed by atoms with Gasteiger partial charge >= 0.3 is 5.97 Å². The van der Waals surface area contributed by atoms with E-state index >= 15 is 0 Å². The highest BCUT2D eigenvalue weighted by Crippen LogP contribution is 2.10. The van der Waals surface area contributed by atoms with Crippen molar-refractivity contribution in [2.24, 2.45) is 0 Å². The Balaban J connectivity index is 3.21. The average Bonchev–Trinajstić information content (AvgIpc) is 2.35. The zero-order chi connectivity index (χ0) is 13.6. The molecule has 0 aromatic heterocycles. The minimum Gasteiger partial charge on any atom is -0.478 e. The van der Waals surface area contributed by atoms with E-state index in [0.29, 0.717) is 0 Å². The molecule has 2 nitrogen and oxygen atoms in total. The van der Waals surface area contributed by atoms with Crippen LogP contribution in [0.5, 0.6) is 0 Å². The fourth-order valence-electron chi connectivity index (χ4n) is 1.87. The smallest absolute Gasteiger partial charge is 0.335 e. The topological polar surface area (TPSA) is 37.3 Å². The third kappa shape index (κ3) is 11.4. The minimum absolute atomic E-state index is 0.172. The monoisotopic (exact) mass is 252 g/mol. The van der Waals surface area contributed by atoms with E-state index in [2.05, 4.69) is 13.5 Å². The van der Waals surface area contributed by atoms with Gasteiger partial charge < -0.3 is 5.11 Å². The van der Waals surface area contributed by atoms with Crippen molar-refractivity contribution in [3.05, 3.63) is 24.3 Å². The van der Waals surface area contributed by atoms with Gasteiger partial charge in [-0.1, -0.05) is 77.0 Å². The molecule has 0 bridgehead atoms. The molecule has 0 aliphatic rings. The first kappa shape index (κ1) is 16.9. The Morgan fingerprint density at radius 1 is 1.00 bits per heavy atom. The quantitative estimate of drug-likeness (QED) is 0.298. The largest absolute Gasteiger partial charge is 0.478 e. The predicted molar refractivity (Wildman–Crippen MR) is 77.8 cm³/mol. The van der Waals surface area contributed by atoms with E-state index in [1.54, 1.807) is 6.08 Å². The zero-order valence-corrected chi connectivity index (χ0v) is 11.8. The van der Waals surface area contributed by atoms with Gasteiger partial charge in [0.15, 0.2) is 0 Å². The molecule has 104 valence electrons. The van der Waals surface area contributed by atoms with Crippen LogP contribution in [-0.4, -0.2) is 11.1 Å². The van der Waals surface area contributed by atoms with Crippen molar-refractivity contribution in [3.8, 4) is 0 Å². The van der Waals surface area contributed by atoms with Crippen LogP contribution in [0.4, 0.5) is 0 Å². The molecule has 18 heavy (non-hydrogen) atoms. The van der Waals surface area contributed by atoms with Gasteiger partial charge in [-0.05, 0) is 12.8 Å². The number of allylic oxidation sites excluding steroid dienone is 1. The van der Waals surface area contributed by atoms with Gasteiger partial charge in [0.1, 0.15) is 0 Å². The van der Waals surface area contributed by atoms with Crippen LogP contribution in [0.3, 0.4) is 0 Å². The van der Waals surface area contributed by atoms with E-state index in [4.69, 9.17) is 5.11 Å². The van der Waals surface area contributed by atoms with Crippen LogP contribution in [0.15, 0.2) is 24.3 Å². The van der Waals surface area contributed by atoms with Gasteiger partial charge in [0.25, 0.3) is 0 Å². The molecule has 0 radical (unpaired) electrons. The van der Waals surface area contributed by atoms with E-state index in [0.717, 1.165) is 12.8 Å². The molecule has 0 aliphatic heterocycles. The maximum absolute atomic E-state index is 10.5. The minimum atomic E-state index is -0.932. The standard InChI is InChI=1S/C16H28O2/c1-3-4-5-6-7-8-9-10-11-12-13-14-15(2)16(17)18/h13-14H,2-12H2,1H3,(H,17,18). The Hall–Kier alpha value is -1.05. The summed E-state index contributed by atoms with van der Waals surface area (Å²) in [6.45, 7) is 5.69. The second-order valence-corrected chi connectivity index (χ2v) is 4.85. The summed E-state index contributed by atoms with van der Waals surface area (Å²) in [5, 5.41) is 8.59. The molecular formula is C16H28O2. The molecule has 0 fully saturated rings. The Morgan fingerprint density at radius 2 is 1.50 bits per heavy atom. The third-order valence-corrected chi connectivity index (χ3v) is 3.07. The molecule has 0 saturated heterocycles. The van der Waals surface area contributed by atoms with Gasteiger partial charge in [0, 0.05) is 0 Å². The maximum Gasteiger partial charge on any atom is 0.335 e. The lowest BCUT2D eigenvalue weighted by molar-refractivity contribution is -0.132. The van der Waals surface area contributed by atoms with Crippen LogP contribution in [-0.2, 0) is 4.79 Å². The average molecular weight is 252 g/mol. The fourth-order valence-corrected chi connectivity index (χ4v) is 1.87. The fraction of sp³-hybridized carbons (Fsp3) is 0.688. The van der Waals surface area contributed by atoms with Crippen molar-refractivity contribution in [2.75, 3.05) is 0 Å². The molecule has 0 spiro atoms. The highest BCUT2D eigenvalue weighted by atomic mass is 16.4. The first-order valence-electron chi connectivity index (χ1n) is 7.27. The van der Waals surface area contributed by atoms with Crippen molar-refractivity contribution in [3.63, 3.8) is 0 Å². The van der Waals surface area contributed by atoms with Crippen LogP contribution in [0, 0.1) is 0 Å². The number of rotatable bonds is 12. The van der Waals surface area contributed by atoms with Crippen molar-refractivity contribution < 1.29 is 9.90 Å². The van der Waals surface area contributed by atoms with Gasteiger partial charge in [-0.2, -0.15) is 0 Å². The van der Waals surface area contributed by atoms with Gasteiger partial charge in [0.05, 0.1) is 5.57 Å². The number of carboxylic acids is 1. The molecule has 0 rings (SSSR count). The SMILES string of the molecule is C=C(C=CCCCCCCCCCCC)C(=O)O. The summed E-state index contributed by atoms with van der Waals surface area (Å²) < 4.78 is 0. The Bertz CT molecular complexity index is 254. The van der Waals surface area contributed by atoms with E-state index in [9.17, 15) is 4.79 Å². The second-order valence-electron chi connectivity index (χ2n) is 4.85. The summed E-state index contributed by atoms with van der Waals surface area (Å²) in [4.78, 5) is 10.5. The number of hydrogen-bond donors (Lipinski definition) is 1. The first-order valence-corrected chi connectivity index (χ1v) is 7.27. The zero-order valence-electron chi connectivity index (χ0n) is 11.8. The van der Waals surface area contributed by atoms with Gasteiger partial charge in [-0.25, -0.2) is 4.79 Å². The molecule has 0 atom stereocenters. The first-order chi connectivity index (χ1) is 8.68. The van der Waals surface area contributed by atoms with Crippen LogP contribution >= 0.6 is 0 Å². The lowest BCUT2D eigenvalue weighted by Gasteiger charge is -2.00. The normalized spacial score (nSPS) is 10.9. The lowest BCUT2D eigenvalue weighted by atomic mass is 10.1. The molecule has 0 saturated carbocycles. The molecule has 0 aliphatic carbocycles. The summed E-state index contributed by atoms with van der Waals surface area (Å²) in [7, 11) is 0.